The highest BCUT2D eigenvalue weighted by Gasteiger charge is 2.27. The lowest BCUT2D eigenvalue weighted by molar-refractivity contribution is 0.228. The number of rotatable bonds is 3. The van der Waals surface area contributed by atoms with Crippen molar-refractivity contribution in [3.8, 4) is 0 Å². The molecule has 0 saturated heterocycles. The number of likely N-dealkylation sites (N-methyl/N-ethyl adjacent to an activating group) is 1. The highest BCUT2D eigenvalue weighted by atomic mass is 35.5. The van der Waals surface area contributed by atoms with Crippen molar-refractivity contribution < 1.29 is 0 Å². The second-order valence-electron chi connectivity index (χ2n) is 7.42. The van der Waals surface area contributed by atoms with E-state index in [2.05, 4.69) is 66.8 Å². The van der Waals surface area contributed by atoms with Crippen LogP contribution in [0.3, 0.4) is 0 Å². The van der Waals surface area contributed by atoms with Crippen LogP contribution in [0, 0.1) is 6.92 Å². The van der Waals surface area contributed by atoms with E-state index < -0.39 is 0 Å². The SMILES string of the molecule is Cc1cccc(CCn2c3c(c4cccc(Cl)c42)CN(C)C(C)C3)c1. The minimum atomic E-state index is 0.563. The molecule has 3 aromatic rings. The summed E-state index contributed by atoms with van der Waals surface area (Å²) >= 11 is 6.63. The summed E-state index contributed by atoms with van der Waals surface area (Å²) in [6, 6.07) is 15.7. The monoisotopic (exact) mass is 352 g/mol. The summed E-state index contributed by atoms with van der Waals surface area (Å²) in [7, 11) is 2.22. The van der Waals surface area contributed by atoms with Gasteiger partial charge in [0.05, 0.1) is 10.5 Å². The molecule has 25 heavy (non-hydrogen) atoms. The second-order valence-corrected chi connectivity index (χ2v) is 7.83. The Hall–Kier alpha value is -1.77. The molecule has 0 aliphatic carbocycles. The maximum absolute atomic E-state index is 6.63. The molecule has 0 bridgehead atoms. The van der Waals surface area contributed by atoms with Gasteiger partial charge >= 0.3 is 0 Å². The van der Waals surface area contributed by atoms with E-state index in [1.807, 2.05) is 6.07 Å². The Bertz CT molecular complexity index is 925. The van der Waals surface area contributed by atoms with Gasteiger partial charge in [-0.25, -0.2) is 0 Å². The third kappa shape index (κ3) is 2.98. The van der Waals surface area contributed by atoms with E-state index in [4.69, 9.17) is 11.6 Å². The Labute approximate surface area is 155 Å². The van der Waals surface area contributed by atoms with Crippen LogP contribution in [0.5, 0.6) is 0 Å². The molecule has 130 valence electrons. The van der Waals surface area contributed by atoms with Crippen LogP contribution in [-0.4, -0.2) is 22.6 Å². The fourth-order valence-corrected chi connectivity index (χ4v) is 4.37. The maximum Gasteiger partial charge on any atom is 0.0675 e. The van der Waals surface area contributed by atoms with Crippen LogP contribution in [-0.2, 0) is 25.9 Å². The van der Waals surface area contributed by atoms with E-state index in [0.29, 0.717) is 6.04 Å². The van der Waals surface area contributed by atoms with Gasteiger partial charge in [0.25, 0.3) is 0 Å². The summed E-state index contributed by atoms with van der Waals surface area (Å²) in [6.07, 6.45) is 2.12. The van der Waals surface area contributed by atoms with Crippen LogP contribution in [0.15, 0.2) is 42.5 Å². The number of hydrogen-bond donors (Lipinski definition) is 0. The van der Waals surface area contributed by atoms with Gasteiger partial charge in [0.1, 0.15) is 0 Å². The first-order valence-corrected chi connectivity index (χ1v) is 9.46. The van der Waals surface area contributed by atoms with Gasteiger partial charge < -0.3 is 4.57 Å². The summed E-state index contributed by atoms with van der Waals surface area (Å²) in [5.41, 5.74) is 6.86. The summed E-state index contributed by atoms with van der Waals surface area (Å²) in [6.45, 7) is 6.46. The molecule has 3 heteroatoms. The molecule has 0 fully saturated rings. The Morgan fingerprint density at radius 3 is 2.76 bits per heavy atom. The molecule has 2 nitrogen and oxygen atoms in total. The Balaban J connectivity index is 1.78. The Morgan fingerprint density at radius 1 is 1.16 bits per heavy atom. The summed E-state index contributed by atoms with van der Waals surface area (Å²) in [5, 5.41) is 2.19. The van der Waals surface area contributed by atoms with Gasteiger partial charge in [0.15, 0.2) is 0 Å². The molecule has 1 aliphatic heterocycles. The van der Waals surface area contributed by atoms with Crippen LogP contribution in [0.2, 0.25) is 5.02 Å². The third-order valence-electron chi connectivity index (χ3n) is 5.61. The fourth-order valence-electron chi connectivity index (χ4n) is 4.09. The van der Waals surface area contributed by atoms with E-state index in [9.17, 15) is 0 Å². The van der Waals surface area contributed by atoms with Crippen molar-refractivity contribution in [1.29, 1.82) is 0 Å². The molecular weight excluding hydrogens is 328 g/mol. The van der Waals surface area contributed by atoms with Crippen molar-refractivity contribution in [2.24, 2.45) is 0 Å². The minimum absolute atomic E-state index is 0.563. The van der Waals surface area contributed by atoms with Crippen LogP contribution < -0.4 is 0 Å². The van der Waals surface area contributed by atoms with Crippen molar-refractivity contribution in [3.05, 3.63) is 69.9 Å². The van der Waals surface area contributed by atoms with Gasteiger partial charge in [-0.2, -0.15) is 0 Å². The standard InChI is InChI=1S/C22H25ClN2/c1-15-6-4-7-17(12-15)10-11-25-21-13-16(2)24(3)14-19(21)18-8-5-9-20(23)22(18)25/h4-9,12,16H,10-11,13-14H2,1-3H3. The zero-order valence-electron chi connectivity index (χ0n) is 15.2. The van der Waals surface area contributed by atoms with Crippen LogP contribution in [0.4, 0.5) is 0 Å². The molecular formula is C22H25ClN2. The Morgan fingerprint density at radius 2 is 1.96 bits per heavy atom. The molecule has 0 amide bonds. The molecule has 0 N–H and O–H groups in total. The summed E-state index contributed by atoms with van der Waals surface area (Å²) in [4.78, 5) is 2.44. The predicted octanol–water partition coefficient (Wildman–Crippen LogP) is 5.22. The van der Waals surface area contributed by atoms with Crippen molar-refractivity contribution >= 4 is 22.5 Å². The lowest BCUT2D eigenvalue weighted by Gasteiger charge is -2.31. The normalized spacial score (nSPS) is 17.8. The number of nitrogens with zero attached hydrogens (tertiary/aromatic N) is 2. The minimum Gasteiger partial charge on any atom is -0.343 e. The molecule has 0 radical (unpaired) electrons. The van der Waals surface area contributed by atoms with Gasteiger partial charge in [-0.3, -0.25) is 4.90 Å². The first kappa shape index (κ1) is 16.7. The maximum atomic E-state index is 6.63. The second kappa shape index (κ2) is 6.51. The predicted molar refractivity (Wildman–Crippen MR) is 106 cm³/mol. The first-order chi connectivity index (χ1) is 12.0. The van der Waals surface area contributed by atoms with Crippen molar-refractivity contribution in [3.63, 3.8) is 0 Å². The molecule has 0 saturated carbocycles. The fraction of sp³-hybridized carbons (Fsp3) is 0.364. The number of para-hydroxylation sites is 1. The number of fused-ring (bicyclic) bond motifs is 3. The van der Waals surface area contributed by atoms with E-state index in [-0.39, 0.29) is 0 Å². The lowest BCUT2D eigenvalue weighted by Crippen LogP contribution is -2.35. The summed E-state index contributed by atoms with van der Waals surface area (Å²) in [5.74, 6) is 0. The van der Waals surface area contributed by atoms with E-state index >= 15 is 0 Å². The van der Waals surface area contributed by atoms with Crippen LogP contribution >= 0.6 is 11.6 Å². The lowest BCUT2D eigenvalue weighted by atomic mass is 10.00. The molecule has 0 spiro atoms. The van der Waals surface area contributed by atoms with Crippen LogP contribution in [0.25, 0.3) is 10.9 Å². The van der Waals surface area contributed by atoms with Crippen molar-refractivity contribution in [2.75, 3.05) is 7.05 Å². The zero-order valence-corrected chi connectivity index (χ0v) is 16.0. The molecule has 1 unspecified atom stereocenters. The quantitative estimate of drug-likeness (QED) is 0.627. The van der Waals surface area contributed by atoms with E-state index in [1.165, 1.54) is 33.3 Å². The number of aryl methyl sites for hydroxylation is 3. The van der Waals surface area contributed by atoms with E-state index in [0.717, 1.165) is 31.0 Å². The topological polar surface area (TPSA) is 8.17 Å². The Kier molecular flexibility index (Phi) is 4.35. The molecule has 1 aliphatic rings. The van der Waals surface area contributed by atoms with Crippen LogP contribution in [0.1, 0.15) is 29.3 Å². The highest BCUT2D eigenvalue weighted by molar-refractivity contribution is 6.35. The van der Waals surface area contributed by atoms with Gasteiger partial charge in [0.2, 0.25) is 0 Å². The molecule has 4 rings (SSSR count). The van der Waals surface area contributed by atoms with Gasteiger partial charge in [-0.15, -0.1) is 0 Å². The number of aromatic nitrogens is 1. The number of halogens is 1. The van der Waals surface area contributed by atoms with Gasteiger partial charge in [0, 0.05) is 36.6 Å². The smallest absolute Gasteiger partial charge is 0.0675 e. The van der Waals surface area contributed by atoms with E-state index in [1.54, 1.807) is 0 Å². The zero-order chi connectivity index (χ0) is 17.6. The highest BCUT2D eigenvalue weighted by Crippen LogP contribution is 2.36. The average Bonchev–Trinajstić information content (AvgIpc) is 2.88. The first-order valence-electron chi connectivity index (χ1n) is 9.09. The molecule has 2 heterocycles. The van der Waals surface area contributed by atoms with Crippen molar-refractivity contribution in [1.82, 2.24) is 9.47 Å². The number of hydrogen-bond acceptors (Lipinski definition) is 1. The van der Waals surface area contributed by atoms with Gasteiger partial charge in [-0.05, 0) is 44.5 Å². The van der Waals surface area contributed by atoms with Gasteiger partial charge in [-0.1, -0.05) is 53.6 Å². The third-order valence-corrected chi connectivity index (χ3v) is 5.92. The van der Waals surface area contributed by atoms with Crippen molar-refractivity contribution in [2.45, 2.75) is 45.8 Å². The number of benzene rings is 2. The molecule has 1 atom stereocenters. The largest absolute Gasteiger partial charge is 0.343 e. The molecule has 1 aromatic heterocycles. The molecule has 2 aromatic carbocycles. The summed E-state index contributed by atoms with van der Waals surface area (Å²) < 4.78 is 2.48. The average molecular weight is 353 g/mol.